The van der Waals surface area contributed by atoms with Gasteiger partial charge in [-0.15, -0.1) is 0 Å². The number of hydrogen-bond acceptors (Lipinski definition) is 3. The number of amides is 1. The summed E-state index contributed by atoms with van der Waals surface area (Å²) in [6.07, 6.45) is 5.81. The molecule has 23 heavy (non-hydrogen) atoms. The number of halogens is 1. The highest BCUT2D eigenvalue weighted by atomic mass is 19.1. The van der Waals surface area contributed by atoms with Crippen LogP contribution in [0.4, 0.5) is 4.39 Å². The lowest BCUT2D eigenvalue weighted by atomic mass is 9.98. The van der Waals surface area contributed by atoms with E-state index in [0.717, 1.165) is 24.0 Å². The molecule has 1 amide bonds. The third kappa shape index (κ3) is 3.62. The van der Waals surface area contributed by atoms with E-state index in [1.165, 1.54) is 12.1 Å². The summed E-state index contributed by atoms with van der Waals surface area (Å²) < 4.78 is 13.6. The molecule has 1 aromatic rings. The number of aliphatic hydroxyl groups excluding tert-OH is 1. The Balaban J connectivity index is 1.81. The fourth-order valence-corrected chi connectivity index (χ4v) is 3.51. The van der Waals surface area contributed by atoms with Crippen molar-refractivity contribution >= 4 is 5.91 Å². The van der Waals surface area contributed by atoms with Gasteiger partial charge in [-0.2, -0.15) is 0 Å². The second kappa shape index (κ2) is 6.81. The standard InChI is InChI=1S/C18H23FN2O2/c1-12(23)21-7-6-18(20-16-4-2-13(8-16)11-22)17-5-3-15(19)9-14(17)10-21/h2-5,9,13,16,18,20,22H,6-8,10-11H2,1H3/t13-,16+,18?/m0/s1. The van der Waals surface area contributed by atoms with Crippen molar-refractivity contribution in [3.8, 4) is 0 Å². The number of nitrogens with zero attached hydrogens (tertiary/aromatic N) is 1. The molecule has 1 aliphatic heterocycles. The fourth-order valence-electron chi connectivity index (χ4n) is 3.51. The summed E-state index contributed by atoms with van der Waals surface area (Å²) >= 11 is 0. The van der Waals surface area contributed by atoms with Crippen molar-refractivity contribution in [2.24, 2.45) is 5.92 Å². The third-order valence-electron chi connectivity index (χ3n) is 4.80. The summed E-state index contributed by atoms with van der Waals surface area (Å²) in [6.45, 7) is 2.83. The molecule has 2 N–H and O–H groups in total. The normalized spacial score (nSPS) is 26.9. The van der Waals surface area contributed by atoms with Crippen LogP contribution in [0.2, 0.25) is 0 Å². The lowest BCUT2D eigenvalue weighted by Gasteiger charge is -2.23. The van der Waals surface area contributed by atoms with E-state index in [0.29, 0.717) is 13.1 Å². The summed E-state index contributed by atoms with van der Waals surface area (Å²) in [6, 6.07) is 5.14. The number of nitrogens with one attached hydrogen (secondary N) is 1. The van der Waals surface area contributed by atoms with Crippen LogP contribution in [0, 0.1) is 11.7 Å². The van der Waals surface area contributed by atoms with E-state index >= 15 is 0 Å². The zero-order valence-electron chi connectivity index (χ0n) is 13.3. The minimum Gasteiger partial charge on any atom is -0.396 e. The maximum absolute atomic E-state index is 13.6. The quantitative estimate of drug-likeness (QED) is 0.840. The van der Waals surface area contributed by atoms with Gasteiger partial charge in [0.2, 0.25) is 5.91 Å². The van der Waals surface area contributed by atoms with E-state index in [9.17, 15) is 14.3 Å². The van der Waals surface area contributed by atoms with Gasteiger partial charge in [-0.1, -0.05) is 18.2 Å². The molecule has 3 atom stereocenters. The molecule has 5 heteroatoms. The molecule has 0 spiro atoms. The average molecular weight is 318 g/mol. The molecule has 0 saturated heterocycles. The number of benzene rings is 1. The van der Waals surface area contributed by atoms with E-state index in [4.69, 9.17) is 0 Å². The molecule has 3 rings (SSSR count). The fraction of sp³-hybridized carbons (Fsp3) is 0.500. The second-order valence-electron chi connectivity index (χ2n) is 6.46. The lowest BCUT2D eigenvalue weighted by Crippen LogP contribution is -2.33. The van der Waals surface area contributed by atoms with Crippen LogP contribution >= 0.6 is 0 Å². The summed E-state index contributed by atoms with van der Waals surface area (Å²) in [7, 11) is 0. The molecule has 1 unspecified atom stereocenters. The Hall–Kier alpha value is -1.72. The zero-order chi connectivity index (χ0) is 16.4. The van der Waals surface area contributed by atoms with E-state index < -0.39 is 0 Å². The zero-order valence-corrected chi connectivity index (χ0v) is 13.3. The van der Waals surface area contributed by atoms with Crippen LogP contribution in [0.1, 0.15) is 36.9 Å². The first-order valence-electron chi connectivity index (χ1n) is 8.16. The first-order chi connectivity index (χ1) is 11.1. The molecular formula is C18H23FN2O2. The molecular weight excluding hydrogens is 295 g/mol. The van der Waals surface area contributed by atoms with Crippen LogP contribution in [0.25, 0.3) is 0 Å². The minimum absolute atomic E-state index is 0.0157. The maximum Gasteiger partial charge on any atom is 0.219 e. The molecule has 0 saturated carbocycles. The van der Waals surface area contributed by atoms with Crippen molar-refractivity contribution in [2.45, 2.75) is 38.4 Å². The van der Waals surface area contributed by atoms with Crippen molar-refractivity contribution in [1.29, 1.82) is 0 Å². The number of carbonyl (C=O) groups excluding carboxylic acids is 1. The molecule has 2 aliphatic rings. The van der Waals surface area contributed by atoms with Crippen LogP contribution in [0.3, 0.4) is 0 Å². The lowest BCUT2D eigenvalue weighted by molar-refractivity contribution is -0.129. The summed E-state index contributed by atoms with van der Waals surface area (Å²) in [5.41, 5.74) is 1.94. The number of fused-ring (bicyclic) bond motifs is 1. The highest BCUT2D eigenvalue weighted by molar-refractivity contribution is 5.73. The van der Waals surface area contributed by atoms with Gasteiger partial charge in [0.25, 0.3) is 0 Å². The van der Waals surface area contributed by atoms with E-state index in [1.54, 1.807) is 11.8 Å². The van der Waals surface area contributed by atoms with Crippen molar-refractivity contribution in [2.75, 3.05) is 13.2 Å². The van der Waals surface area contributed by atoms with Crippen LogP contribution in [-0.4, -0.2) is 35.1 Å². The van der Waals surface area contributed by atoms with Gasteiger partial charge >= 0.3 is 0 Å². The molecule has 1 heterocycles. The van der Waals surface area contributed by atoms with Gasteiger partial charge in [0.05, 0.1) is 0 Å². The minimum atomic E-state index is -0.269. The Morgan fingerprint density at radius 3 is 2.96 bits per heavy atom. The Kier molecular flexibility index (Phi) is 4.78. The van der Waals surface area contributed by atoms with Crippen molar-refractivity contribution in [1.82, 2.24) is 10.2 Å². The van der Waals surface area contributed by atoms with Crippen LogP contribution in [0.5, 0.6) is 0 Å². The van der Waals surface area contributed by atoms with E-state index in [1.807, 2.05) is 12.1 Å². The molecule has 0 fully saturated rings. The first kappa shape index (κ1) is 16.1. The van der Waals surface area contributed by atoms with Crippen molar-refractivity contribution in [3.63, 3.8) is 0 Å². The van der Waals surface area contributed by atoms with Crippen molar-refractivity contribution in [3.05, 3.63) is 47.3 Å². The van der Waals surface area contributed by atoms with Crippen LogP contribution in [0.15, 0.2) is 30.4 Å². The van der Waals surface area contributed by atoms with E-state index in [2.05, 4.69) is 11.4 Å². The number of hydrogen-bond donors (Lipinski definition) is 2. The van der Waals surface area contributed by atoms with Gasteiger partial charge in [0.15, 0.2) is 0 Å². The van der Waals surface area contributed by atoms with Gasteiger partial charge in [-0.25, -0.2) is 4.39 Å². The Bertz CT molecular complexity index is 617. The number of rotatable bonds is 3. The maximum atomic E-state index is 13.6. The van der Waals surface area contributed by atoms with Gasteiger partial charge < -0.3 is 15.3 Å². The summed E-state index contributed by atoms with van der Waals surface area (Å²) in [5.74, 6) is -0.0457. The summed E-state index contributed by atoms with van der Waals surface area (Å²) in [4.78, 5) is 13.5. The second-order valence-corrected chi connectivity index (χ2v) is 6.46. The van der Waals surface area contributed by atoms with Crippen LogP contribution < -0.4 is 5.32 Å². The van der Waals surface area contributed by atoms with Gasteiger partial charge in [0, 0.05) is 44.6 Å². The van der Waals surface area contributed by atoms with Crippen molar-refractivity contribution < 1.29 is 14.3 Å². The van der Waals surface area contributed by atoms with Crippen LogP contribution in [-0.2, 0) is 11.3 Å². The van der Waals surface area contributed by atoms with Gasteiger partial charge in [-0.05, 0) is 36.1 Å². The highest BCUT2D eigenvalue weighted by Gasteiger charge is 2.27. The summed E-state index contributed by atoms with van der Waals surface area (Å²) in [5, 5.41) is 12.9. The first-order valence-corrected chi connectivity index (χ1v) is 8.16. The van der Waals surface area contributed by atoms with Gasteiger partial charge in [-0.3, -0.25) is 4.79 Å². The predicted octanol–water partition coefficient (Wildman–Crippen LogP) is 2.15. The Morgan fingerprint density at radius 1 is 1.43 bits per heavy atom. The topological polar surface area (TPSA) is 52.6 Å². The Morgan fingerprint density at radius 2 is 2.26 bits per heavy atom. The molecule has 1 aliphatic carbocycles. The monoisotopic (exact) mass is 318 g/mol. The smallest absolute Gasteiger partial charge is 0.219 e. The molecule has 1 aromatic carbocycles. The molecule has 0 radical (unpaired) electrons. The highest BCUT2D eigenvalue weighted by Crippen LogP contribution is 2.29. The Labute approximate surface area is 136 Å². The van der Waals surface area contributed by atoms with Gasteiger partial charge in [0.1, 0.15) is 5.82 Å². The molecule has 124 valence electrons. The van der Waals surface area contributed by atoms with E-state index in [-0.39, 0.29) is 36.3 Å². The SMILES string of the molecule is CC(=O)N1CCC(N[C@@H]2C=C[C@H](CO)C2)c2ccc(F)cc2C1. The number of carbonyl (C=O) groups is 1. The average Bonchev–Trinajstić information content (AvgIpc) is 2.89. The molecule has 0 aromatic heterocycles. The number of aliphatic hydroxyl groups is 1. The molecule has 0 bridgehead atoms. The largest absolute Gasteiger partial charge is 0.396 e. The third-order valence-corrected chi connectivity index (χ3v) is 4.80. The molecule has 4 nitrogen and oxygen atoms in total. The predicted molar refractivity (Wildman–Crippen MR) is 86.1 cm³/mol.